The van der Waals surface area contributed by atoms with E-state index in [-0.39, 0.29) is 0 Å². The lowest BCUT2D eigenvalue weighted by Gasteiger charge is -2.06. The Bertz CT molecular complexity index is 2080. The lowest BCUT2D eigenvalue weighted by Crippen LogP contribution is -1.88. The van der Waals surface area contributed by atoms with Gasteiger partial charge in [-0.15, -0.1) is 0 Å². The van der Waals surface area contributed by atoms with Gasteiger partial charge in [-0.05, 0) is 42.5 Å². The Hall–Kier alpha value is -4.70. The second kappa shape index (κ2) is 6.42. The first kappa shape index (κ1) is 17.8. The number of furan rings is 2. The molecular weight excluding hydrogens is 420 g/mol. The Kier molecular flexibility index (Phi) is 3.36. The number of hydrogen-bond acceptors (Lipinski definition) is 4. The van der Waals surface area contributed by atoms with Crippen molar-refractivity contribution in [3.05, 3.63) is 97.2 Å². The highest BCUT2D eigenvalue weighted by Crippen LogP contribution is 2.38. The Morgan fingerprint density at radius 2 is 1.24 bits per heavy atom. The molecule has 158 valence electrons. The predicted molar refractivity (Wildman–Crippen MR) is 137 cm³/mol. The van der Waals surface area contributed by atoms with E-state index in [1.165, 1.54) is 0 Å². The van der Waals surface area contributed by atoms with E-state index in [4.69, 9.17) is 13.8 Å². The maximum absolute atomic E-state index is 6.18. The minimum atomic E-state index is 0.820. The van der Waals surface area contributed by atoms with Gasteiger partial charge < -0.3 is 8.83 Å². The van der Waals surface area contributed by atoms with Crippen molar-refractivity contribution in [3.63, 3.8) is 0 Å². The highest BCUT2D eigenvalue weighted by Gasteiger charge is 2.14. The number of hydrogen-bond donors (Lipinski definition) is 0. The molecule has 0 atom stereocenters. The first-order chi connectivity index (χ1) is 16.8. The summed E-state index contributed by atoms with van der Waals surface area (Å²) in [5.74, 6) is 0. The second-order valence-electron chi connectivity index (χ2n) is 8.66. The summed E-state index contributed by atoms with van der Waals surface area (Å²) in [6.07, 6.45) is 1.82. The fourth-order valence-electron chi connectivity index (χ4n) is 5.04. The molecule has 0 aliphatic carbocycles. The number of nitrogens with zero attached hydrogens (tertiary/aromatic N) is 2. The first-order valence-corrected chi connectivity index (χ1v) is 11.2. The molecule has 0 saturated carbocycles. The van der Waals surface area contributed by atoms with Crippen LogP contribution >= 0.6 is 0 Å². The van der Waals surface area contributed by atoms with Crippen molar-refractivity contribution in [1.29, 1.82) is 0 Å². The molecule has 0 unspecified atom stereocenters. The van der Waals surface area contributed by atoms with E-state index in [1.54, 1.807) is 0 Å². The first-order valence-electron chi connectivity index (χ1n) is 11.2. The van der Waals surface area contributed by atoms with Gasteiger partial charge in [-0.1, -0.05) is 42.5 Å². The summed E-state index contributed by atoms with van der Waals surface area (Å²) in [6.45, 7) is 0. The van der Waals surface area contributed by atoms with Crippen LogP contribution in [0, 0.1) is 0 Å². The average Bonchev–Trinajstić information content (AvgIpc) is 3.43. The maximum atomic E-state index is 6.18. The molecule has 0 spiro atoms. The molecule has 8 aromatic rings. The normalized spacial score (nSPS) is 12.1. The van der Waals surface area contributed by atoms with Crippen LogP contribution in [-0.2, 0) is 0 Å². The Morgan fingerprint density at radius 1 is 0.500 bits per heavy atom. The molecule has 0 aliphatic heterocycles. The molecule has 0 N–H and O–H groups in total. The largest absolute Gasteiger partial charge is 0.456 e. The molecule has 4 heteroatoms. The number of aromatic nitrogens is 2. The fourth-order valence-corrected chi connectivity index (χ4v) is 5.04. The van der Waals surface area contributed by atoms with E-state index >= 15 is 0 Å². The zero-order chi connectivity index (χ0) is 22.2. The van der Waals surface area contributed by atoms with Crippen molar-refractivity contribution < 1.29 is 8.83 Å². The average molecular weight is 436 g/mol. The quantitative estimate of drug-likeness (QED) is 0.243. The van der Waals surface area contributed by atoms with Gasteiger partial charge in [0.15, 0.2) is 0 Å². The number of benzene rings is 4. The lowest BCUT2D eigenvalue weighted by molar-refractivity contribution is 0.656. The van der Waals surface area contributed by atoms with Crippen molar-refractivity contribution in [2.24, 2.45) is 0 Å². The smallest absolute Gasteiger partial charge is 0.139 e. The van der Waals surface area contributed by atoms with Gasteiger partial charge in [0.1, 0.15) is 22.3 Å². The molecule has 0 bridgehead atoms. The Balaban J connectivity index is 1.38. The van der Waals surface area contributed by atoms with Crippen molar-refractivity contribution in [2.75, 3.05) is 0 Å². The fraction of sp³-hybridized carbons (Fsp3) is 0. The molecule has 0 amide bonds. The van der Waals surface area contributed by atoms with E-state index in [2.05, 4.69) is 59.6 Å². The molecule has 0 radical (unpaired) electrons. The van der Waals surface area contributed by atoms with Crippen molar-refractivity contribution in [3.8, 4) is 11.3 Å². The summed E-state index contributed by atoms with van der Waals surface area (Å²) >= 11 is 0. The maximum Gasteiger partial charge on any atom is 0.139 e. The van der Waals surface area contributed by atoms with Crippen LogP contribution in [0.1, 0.15) is 0 Å². The van der Waals surface area contributed by atoms with Gasteiger partial charge in [0, 0.05) is 50.1 Å². The third-order valence-electron chi connectivity index (χ3n) is 6.70. The Morgan fingerprint density at radius 3 is 2.15 bits per heavy atom. The lowest BCUT2D eigenvalue weighted by atomic mass is 10.0. The topological polar surface area (TPSA) is 52.1 Å². The second-order valence-corrected chi connectivity index (χ2v) is 8.66. The van der Waals surface area contributed by atoms with Crippen LogP contribution in [0.5, 0.6) is 0 Å². The van der Waals surface area contributed by atoms with Gasteiger partial charge in [0.25, 0.3) is 0 Å². The molecule has 4 aromatic heterocycles. The van der Waals surface area contributed by atoms with Crippen LogP contribution < -0.4 is 0 Å². The molecule has 4 heterocycles. The third-order valence-corrected chi connectivity index (χ3v) is 6.70. The highest BCUT2D eigenvalue weighted by atomic mass is 16.3. The molecule has 0 fully saturated rings. The summed E-state index contributed by atoms with van der Waals surface area (Å²) in [4.78, 5) is 9.61. The number of fused-ring (bicyclic) bond motifs is 9. The minimum Gasteiger partial charge on any atom is -0.456 e. The third kappa shape index (κ3) is 2.42. The molecule has 0 saturated heterocycles. The monoisotopic (exact) mass is 436 g/mol. The van der Waals surface area contributed by atoms with Crippen LogP contribution in [0.25, 0.3) is 76.9 Å². The Labute approximate surface area is 193 Å². The van der Waals surface area contributed by atoms with Gasteiger partial charge >= 0.3 is 0 Å². The van der Waals surface area contributed by atoms with Crippen molar-refractivity contribution >= 4 is 65.7 Å². The predicted octanol–water partition coefficient (Wildman–Crippen LogP) is 8.25. The van der Waals surface area contributed by atoms with E-state index in [0.717, 1.165) is 76.9 Å². The van der Waals surface area contributed by atoms with Crippen LogP contribution in [0.2, 0.25) is 0 Å². The highest BCUT2D eigenvalue weighted by molar-refractivity contribution is 6.15. The number of para-hydroxylation sites is 1. The van der Waals surface area contributed by atoms with Gasteiger partial charge in [-0.25, -0.2) is 4.98 Å². The molecule has 4 nitrogen and oxygen atoms in total. The number of pyridine rings is 2. The SMILES string of the molecule is c1cnc2c(c1)ccc1ccc(-c3ccc4oc5cc6oc7ccccc7c6cc5c4c3)nc12. The summed E-state index contributed by atoms with van der Waals surface area (Å²) < 4.78 is 12.2. The van der Waals surface area contributed by atoms with Gasteiger partial charge in [-0.3, -0.25) is 4.98 Å². The number of rotatable bonds is 1. The van der Waals surface area contributed by atoms with Gasteiger partial charge in [-0.2, -0.15) is 0 Å². The molecular formula is C30H16N2O2. The van der Waals surface area contributed by atoms with Gasteiger partial charge in [0.2, 0.25) is 0 Å². The van der Waals surface area contributed by atoms with Gasteiger partial charge in [0.05, 0.1) is 16.7 Å². The zero-order valence-electron chi connectivity index (χ0n) is 17.9. The van der Waals surface area contributed by atoms with Crippen LogP contribution in [0.15, 0.2) is 106 Å². The standard InChI is InChI=1S/C30H16N2O2/c1-2-6-25-20(5-1)22-15-23-21-14-19(10-12-26(21)34-28(23)16-27(22)33-25)24-11-9-18-8-7-17-4-3-13-31-29(17)30(18)32-24/h1-16H. The van der Waals surface area contributed by atoms with E-state index in [1.807, 2.05) is 42.6 Å². The van der Waals surface area contributed by atoms with Crippen molar-refractivity contribution in [2.45, 2.75) is 0 Å². The van der Waals surface area contributed by atoms with Crippen LogP contribution in [-0.4, -0.2) is 9.97 Å². The molecule has 0 aliphatic rings. The van der Waals surface area contributed by atoms with Crippen molar-refractivity contribution in [1.82, 2.24) is 9.97 Å². The van der Waals surface area contributed by atoms with Crippen LogP contribution in [0.4, 0.5) is 0 Å². The summed E-state index contributed by atoms with van der Waals surface area (Å²) in [5, 5.41) is 6.52. The minimum absolute atomic E-state index is 0.820. The van der Waals surface area contributed by atoms with E-state index < -0.39 is 0 Å². The summed E-state index contributed by atoms with van der Waals surface area (Å²) in [7, 11) is 0. The molecule has 8 rings (SSSR count). The summed E-state index contributed by atoms with van der Waals surface area (Å²) in [6, 6.07) is 31.0. The molecule has 4 aromatic carbocycles. The van der Waals surface area contributed by atoms with E-state index in [0.29, 0.717) is 0 Å². The summed E-state index contributed by atoms with van der Waals surface area (Å²) in [5.41, 5.74) is 7.19. The van der Waals surface area contributed by atoms with E-state index in [9.17, 15) is 0 Å². The molecule has 34 heavy (non-hydrogen) atoms. The zero-order valence-corrected chi connectivity index (χ0v) is 17.9. The van der Waals surface area contributed by atoms with Crippen LogP contribution in [0.3, 0.4) is 0 Å².